The molecular formula is C20H16F4N6O3. The standard InChI is InChI=1S/C20H16F4N6O3/c1-32-11-2-4-25-13(6-11)17-27-28-18-14-9-33-8-10(7-29(17)18)30(14)19(31)12-3-5-26-16(15(12)21)20(22,23)24/h2-6,10,14H,7-9H2,1H3/t10-,14-/m1/s1. The van der Waals surface area contributed by atoms with Crippen LogP contribution in [0.5, 0.6) is 5.75 Å². The van der Waals surface area contributed by atoms with E-state index in [9.17, 15) is 22.4 Å². The third-order valence-electron chi connectivity index (χ3n) is 5.60. The molecular weight excluding hydrogens is 448 g/mol. The quantitative estimate of drug-likeness (QED) is 0.550. The number of halogens is 4. The Bertz CT molecular complexity index is 1230. The number of hydrogen-bond donors (Lipinski definition) is 0. The number of pyridine rings is 2. The van der Waals surface area contributed by atoms with E-state index in [1.165, 1.54) is 12.0 Å². The molecule has 172 valence electrons. The van der Waals surface area contributed by atoms with Crippen LogP contribution in [-0.2, 0) is 17.5 Å². The van der Waals surface area contributed by atoms with Crippen molar-refractivity contribution in [2.45, 2.75) is 24.8 Å². The van der Waals surface area contributed by atoms with Crippen LogP contribution in [0.15, 0.2) is 30.6 Å². The van der Waals surface area contributed by atoms with Crippen molar-refractivity contribution in [1.82, 2.24) is 29.6 Å². The van der Waals surface area contributed by atoms with E-state index >= 15 is 0 Å². The molecule has 0 aliphatic carbocycles. The predicted octanol–water partition coefficient (Wildman–Crippen LogP) is 2.50. The number of ether oxygens (including phenoxy) is 2. The molecule has 0 saturated carbocycles. The van der Waals surface area contributed by atoms with Crippen LogP contribution in [0.3, 0.4) is 0 Å². The van der Waals surface area contributed by atoms with Crippen LogP contribution in [0.25, 0.3) is 11.5 Å². The second-order valence-electron chi connectivity index (χ2n) is 7.51. The number of hydrogen-bond acceptors (Lipinski definition) is 7. The fourth-order valence-corrected chi connectivity index (χ4v) is 4.13. The minimum Gasteiger partial charge on any atom is -0.497 e. The number of fused-ring (bicyclic) bond motifs is 4. The maximum Gasteiger partial charge on any atom is 0.436 e. The van der Waals surface area contributed by atoms with Crippen LogP contribution >= 0.6 is 0 Å². The number of amides is 1. The fourth-order valence-electron chi connectivity index (χ4n) is 4.13. The lowest BCUT2D eigenvalue weighted by Gasteiger charge is -2.45. The first-order chi connectivity index (χ1) is 15.8. The zero-order valence-corrected chi connectivity index (χ0v) is 17.1. The van der Waals surface area contributed by atoms with Crippen LogP contribution in [-0.4, -0.2) is 61.9 Å². The van der Waals surface area contributed by atoms with Crippen LogP contribution < -0.4 is 4.74 Å². The monoisotopic (exact) mass is 464 g/mol. The molecule has 1 saturated heterocycles. The third-order valence-corrected chi connectivity index (χ3v) is 5.60. The summed E-state index contributed by atoms with van der Waals surface area (Å²) in [4.78, 5) is 21.9. The number of nitrogens with zero attached hydrogens (tertiary/aromatic N) is 6. The summed E-state index contributed by atoms with van der Waals surface area (Å²) in [5.41, 5.74) is -1.94. The van der Waals surface area contributed by atoms with Crippen molar-refractivity contribution >= 4 is 5.91 Å². The normalized spacial score (nSPS) is 19.8. The lowest BCUT2D eigenvalue weighted by Crippen LogP contribution is -2.56. The van der Waals surface area contributed by atoms with E-state index in [0.29, 0.717) is 23.1 Å². The molecule has 0 unspecified atom stereocenters. The third kappa shape index (κ3) is 3.48. The Morgan fingerprint density at radius 1 is 1.18 bits per heavy atom. The number of aromatic nitrogens is 5. The van der Waals surface area contributed by atoms with Gasteiger partial charge in [0.25, 0.3) is 5.91 Å². The van der Waals surface area contributed by atoms with Crippen molar-refractivity contribution in [1.29, 1.82) is 0 Å². The van der Waals surface area contributed by atoms with E-state index in [4.69, 9.17) is 9.47 Å². The molecule has 2 aliphatic rings. The van der Waals surface area contributed by atoms with Gasteiger partial charge in [0.05, 0.1) is 31.9 Å². The van der Waals surface area contributed by atoms with E-state index in [1.54, 1.807) is 22.9 Å². The molecule has 13 heteroatoms. The molecule has 0 aromatic carbocycles. The number of morpholine rings is 1. The van der Waals surface area contributed by atoms with Gasteiger partial charge in [0.1, 0.15) is 17.5 Å². The predicted molar refractivity (Wildman–Crippen MR) is 103 cm³/mol. The molecule has 3 aromatic heterocycles. The largest absolute Gasteiger partial charge is 0.497 e. The van der Waals surface area contributed by atoms with Crippen LogP contribution in [0.2, 0.25) is 0 Å². The van der Waals surface area contributed by atoms with Crippen molar-refractivity contribution in [3.05, 3.63) is 53.5 Å². The zero-order chi connectivity index (χ0) is 23.3. The van der Waals surface area contributed by atoms with E-state index in [0.717, 1.165) is 12.3 Å². The Morgan fingerprint density at radius 3 is 2.73 bits per heavy atom. The second-order valence-corrected chi connectivity index (χ2v) is 7.51. The van der Waals surface area contributed by atoms with Gasteiger partial charge in [0.15, 0.2) is 23.2 Å². The van der Waals surface area contributed by atoms with Gasteiger partial charge in [-0.3, -0.25) is 9.78 Å². The summed E-state index contributed by atoms with van der Waals surface area (Å²) in [6.45, 7) is 0.339. The highest BCUT2D eigenvalue weighted by Gasteiger charge is 2.45. The molecule has 9 nitrogen and oxygen atoms in total. The van der Waals surface area contributed by atoms with Crippen molar-refractivity contribution in [2.24, 2.45) is 0 Å². The Morgan fingerprint density at radius 2 is 1.97 bits per heavy atom. The van der Waals surface area contributed by atoms with Crippen LogP contribution in [0.4, 0.5) is 17.6 Å². The summed E-state index contributed by atoms with van der Waals surface area (Å²) < 4.78 is 66.5. The summed E-state index contributed by atoms with van der Waals surface area (Å²) in [6, 6.07) is 2.96. The Balaban J connectivity index is 1.54. The van der Waals surface area contributed by atoms with Gasteiger partial charge in [-0.2, -0.15) is 13.2 Å². The van der Waals surface area contributed by atoms with Gasteiger partial charge in [-0.15, -0.1) is 10.2 Å². The molecule has 3 aromatic rings. The first kappa shape index (κ1) is 21.2. The SMILES string of the molecule is COc1ccnc(-c2nnc3n2C[C@@H]2COC[C@H]3N2C(=O)c2ccnc(C(F)(F)F)c2F)c1. The average molecular weight is 464 g/mol. The van der Waals surface area contributed by atoms with Crippen LogP contribution in [0.1, 0.15) is 27.9 Å². The van der Waals surface area contributed by atoms with Crippen molar-refractivity contribution in [3.63, 3.8) is 0 Å². The number of methoxy groups -OCH3 is 1. The molecule has 2 atom stereocenters. The van der Waals surface area contributed by atoms with E-state index in [-0.39, 0.29) is 19.8 Å². The number of carbonyl (C=O) groups excluding carboxylic acids is 1. The van der Waals surface area contributed by atoms with Crippen LogP contribution in [0, 0.1) is 5.82 Å². The highest BCUT2D eigenvalue weighted by atomic mass is 19.4. The van der Waals surface area contributed by atoms with E-state index < -0.39 is 41.2 Å². The van der Waals surface area contributed by atoms with E-state index in [1.807, 2.05) is 0 Å². The Kier molecular flexibility index (Phi) is 5.00. The molecule has 33 heavy (non-hydrogen) atoms. The van der Waals surface area contributed by atoms with Gasteiger partial charge in [-0.1, -0.05) is 0 Å². The molecule has 5 rings (SSSR count). The smallest absolute Gasteiger partial charge is 0.436 e. The first-order valence-corrected chi connectivity index (χ1v) is 9.85. The van der Waals surface area contributed by atoms with E-state index in [2.05, 4.69) is 20.2 Å². The molecule has 0 radical (unpaired) electrons. The highest BCUT2D eigenvalue weighted by molar-refractivity contribution is 5.95. The topological polar surface area (TPSA) is 95.3 Å². The molecule has 5 heterocycles. The van der Waals surface area contributed by atoms with Gasteiger partial charge in [-0.25, -0.2) is 9.37 Å². The molecule has 2 aliphatic heterocycles. The average Bonchev–Trinajstić information content (AvgIpc) is 3.21. The van der Waals surface area contributed by atoms with Gasteiger partial charge in [0, 0.05) is 25.0 Å². The minimum absolute atomic E-state index is 0.0325. The number of carbonyl (C=O) groups is 1. The van der Waals surface area contributed by atoms with Gasteiger partial charge < -0.3 is 18.9 Å². The summed E-state index contributed by atoms with van der Waals surface area (Å²) in [5.74, 6) is -1.22. The maximum atomic E-state index is 14.6. The van der Waals surface area contributed by atoms with Crippen molar-refractivity contribution < 1.29 is 31.8 Å². The van der Waals surface area contributed by atoms with Crippen molar-refractivity contribution in [3.8, 4) is 17.3 Å². The van der Waals surface area contributed by atoms with Crippen molar-refractivity contribution in [2.75, 3.05) is 20.3 Å². The summed E-state index contributed by atoms with van der Waals surface area (Å²) in [6.07, 6.45) is -2.70. The fraction of sp³-hybridized carbons (Fsp3) is 0.350. The molecule has 1 amide bonds. The second kappa shape index (κ2) is 7.76. The molecule has 1 fully saturated rings. The first-order valence-electron chi connectivity index (χ1n) is 9.85. The summed E-state index contributed by atoms with van der Waals surface area (Å²) in [7, 11) is 1.52. The Hall–Kier alpha value is -3.61. The summed E-state index contributed by atoms with van der Waals surface area (Å²) >= 11 is 0. The molecule has 2 bridgehead atoms. The zero-order valence-electron chi connectivity index (χ0n) is 17.1. The summed E-state index contributed by atoms with van der Waals surface area (Å²) in [5, 5.41) is 8.39. The number of alkyl halides is 3. The molecule has 0 N–H and O–H groups in total. The maximum absolute atomic E-state index is 14.6. The lowest BCUT2D eigenvalue weighted by atomic mass is 10.0. The minimum atomic E-state index is -5.03. The van der Waals surface area contributed by atoms with Gasteiger partial charge >= 0.3 is 6.18 Å². The van der Waals surface area contributed by atoms with Gasteiger partial charge in [0.2, 0.25) is 0 Å². The van der Waals surface area contributed by atoms with Gasteiger partial charge in [-0.05, 0) is 12.1 Å². The number of rotatable bonds is 3. The molecule has 0 spiro atoms. The highest BCUT2D eigenvalue weighted by Crippen LogP contribution is 2.37. The Labute approximate surface area is 184 Å². The lowest BCUT2D eigenvalue weighted by molar-refractivity contribution is -0.143.